The van der Waals surface area contributed by atoms with Crippen LogP contribution in [0.2, 0.25) is 0 Å². The number of hydrogen-bond donors (Lipinski definition) is 2. The molecule has 1 unspecified atom stereocenters. The first-order valence-electron chi connectivity index (χ1n) is 5.94. The molecule has 0 bridgehead atoms. The lowest BCUT2D eigenvalue weighted by Crippen LogP contribution is -2.26. The number of amides is 1. The number of nitrogens with two attached hydrogens (primary N) is 1. The Morgan fingerprint density at radius 2 is 2.35 bits per heavy atom. The maximum atomic E-state index is 10.5. The van der Waals surface area contributed by atoms with Gasteiger partial charge < -0.3 is 5.73 Å². The molecule has 2 rings (SSSR count). The van der Waals surface area contributed by atoms with E-state index >= 15 is 0 Å². The van der Waals surface area contributed by atoms with Gasteiger partial charge in [0.05, 0.1) is 6.04 Å². The molecule has 1 aliphatic rings. The van der Waals surface area contributed by atoms with Crippen molar-refractivity contribution in [1.29, 1.82) is 0 Å². The maximum absolute atomic E-state index is 10.5. The minimum absolute atomic E-state index is 0.0879. The van der Waals surface area contributed by atoms with Crippen molar-refractivity contribution in [3.05, 3.63) is 21.4 Å². The lowest BCUT2D eigenvalue weighted by molar-refractivity contribution is -0.125. The smallest absolute Gasteiger partial charge is 0.245 e. The van der Waals surface area contributed by atoms with E-state index in [9.17, 15) is 4.79 Å². The molecule has 0 radical (unpaired) electrons. The van der Waals surface area contributed by atoms with Gasteiger partial charge in [-0.05, 0) is 44.2 Å². The van der Waals surface area contributed by atoms with Gasteiger partial charge >= 0.3 is 0 Å². The van der Waals surface area contributed by atoms with Crippen LogP contribution in [-0.2, 0) is 22.5 Å². The number of aryl methyl sites for hydroxylation is 2. The second kappa shape index (κ2) is 5.62. The summed E-state index contributed by atoms with van der Waals surface area (Å²) in [6.07, 6.45) is 4.99. The zero-order valence-corrected chi connectivity index (χ0v) is 10.8. The Labute approximate surface area is 105 Å². The molecule has 1 aromatic rings. The van der Waals surface area contributed by atoms with Gasteiger partial charge in [-0.25, -0.2) is 0 Å². The van der Waals surface area contributed by atoms with Gasteiger partial charge in [-0.2, -0.15) is 5.48 Å². The molecule has 0 saturated carbocycles. The number of rotatable bonds is 5. The summed E-state index contributed by atoms with van der Waals surface area (Å²) in [5, 5.41) is 0. The average molecular weight is 254 g/mol. The van der Waals surface area contributed by atoms with Crippen molar-refractivity contribution in [3.63, 3.8) is 0 Å². The largest absolute Gasteiger partial charge is 0.368 e. The molecule has 17 heavy (non-hydrogen) atoms. The second-order valence-electron chi connectivity index (χ2n) is 4.40. The van der Waals surface area contributed by atoms with Crippen molar-refractivity contribution >= 4 is 17.2 Å². The van der Waals surface area contributed by atoms with E-state index < -0.39 is 5.91 Å². The lowest BCUT2D eigenvalue weighted by atomic mass is 9.99. The molecule has 0 spiro atoms. The third kappa shape index (κ3) is 3.28. The van der Waals surface area contributed by atoms with Crippen LogP contribution in [0, 0.1) is 0 Å². The molecule has 0 aliphatic heterocycles. The minimum atomic E-state index is -0.463. The summed E-state index contributed by atoms with van der Waals surface area (Å²) in [5.41, 5.74) is 9.33. The molecule has 0 aromatic carbocycles. The van der Waals surface area contributed by atoms with Gasteiger partial charge in [-0.15, -0.1) is 11.3 Å². The molecule has 1 atom stereocenters. The molecular weight excluding hydrogens is 236 g/mol. The van der Waals surface area contributed by atoms with E-state index in [0.29, 0.717) is 0 Å². The molecule has 1 aromatic heterocycles. The number of hydroxylamine groups is 1. The second-order valence-corrected chi connectivity index (χ2v) is 5.57. The Bertz CT molecular complexity index is 380. The Kier molecular flexibility index (Phi) is 4.15. The van der Waals surface area contributed by atoms with Crippen LogP contribution in [0.25, 0.3) is 0 Å². The van der Waals surface area contributed by atoms with Gasteiger partial charge in [0, 0.05) is 9.75 Å². The van der Waals surface area contributed by atoms with Crippen molar-refractivity contribution < 1.29 is 9.63 Å². The molecule has 4 nitrogen and oxygen atoms in total. The van der Waals surface area contributed by atoms with Crippen molar-refractivity contribution in [2.24, 2.45) is 5.73 Å². The molecule has 5 heteroatoms. The van der Waals surface area contributed by atoms with Crippen molar-refractivity contribution in [2.45, 2.75) is 38.6 Å². The van der Waals surface area contributed by atoms with E-state index in [1.807, 2.05) is 18.3 Å². The summed E-state index contributed by atoms with van der Waals surface area (Å²) in [6, 6.07) is 2.36. The fourth-order valence-electron chi connectivity index (χ4n) is 2.02. The molecule has 94 valence electrons. The van der Waals surface area contributed by atoms with Crippen LogP contribution in [0.4, 0.5) is 0 Å². The van der Waals surface area contributed by atoms with Crippen LogP contribution in [-0.4, -0.2) is 12.5 Å². The first-order chi connectivity index (χ1) is 8.16. The number of nitrogens with one attached hydrogen (secondary N) is 1. The third-order valence-electron chi connectivity index (χ3n) is 2.92. The van der Waals surface area contributed by atoms with Crippen LogP contribution >= 0.6 is 11.3 Å². The first kappa shape index (κ1) is 12.5. The molecule has 3 N–H and O–H groups in total. The predicted octanol–water partition coefficient (Wildman–Crippen LogP) is 1.69. The zero-order chi connectivity index (χ0) is 12.3. The number of carbonyl (C=O) groups excluding carboxylic acids is 1. The predicted molar refractivity (Wildman–Crippen MR) is 67.7 cm³/mol. The highest BCUT2D eigenvalue weighted by molar-refractivity contribution is 7.12. The van der Waals surface area contributed by atoms with E-state index in [4.69, 9.17) is 10.6 Å². The van der Waals surface area contributed by atoms with E-state index in [1.165, 1.54) is 41.0 Å². The zero-order valence-electron chi connectivity index (χ0n) is 9.99. The summed E-state index contributed by atoms with van der Waals surface area (Å²) in [6.45, 7) is 1.94. The van der Waals surface area contributed by atoms with Gasteiger partial charge in [-0.1, -0.05) is 0 Å². The Morgan fingerprint density at radius 1 is 1.59 bits per heavy atom. The highest BCUT2D eigenvalue weighted by Crippen LogP contribution is 2.32. The van der Waals surface area contributed by atoms with Gasteiger partial charge in [0.15, 0.2) is 0 Å². The molecule has 1 heterocycles. The third-order valence-corrected chi connectivity index (χ3v) is 4.34. The van der Waals surface area contributed by atoms with Crippen LogP contribution < -0.4 is 11.2 Å². The molecule has 1 amide bonds. The summed E-state index contributed by atoms with van der Waals surface area (Å²) in [4.78, 5) is 18.3. The first-order valence-corrected chi connectivity index (χ1v) is 6.75. The summed E-state index contributed by atoms with van der Waals surface area (Å²) in [5.74, 6) is -0.463. The van der Waals surface area contributed by atoms with Crippen LogP contribution in [0.5, 0.6) is 0 Å². The monoisotopic (exact) mass is 254 g/mol. The highest BCUT2D eigenvalue weighted by atomic mass is 32.1. The number of carbonyl (C=O) groups is 1. The number of fused-ring (bicyclic) bond motifs is 1. The summed E-state index contributed by atoms with van der Waals surface area (Å²) in [7, 11) is 0. The lowest BCUT2D eigenvalue weighted by Gasteiger charge is -2.10. The minimum Gasteiger partial charge on any atom is -0.368 e. The van der Waals surface area contributed by atoms with Crippen molar-refractivity contribution in [2.75, 3.05) is 6.61 Å². The summed E-state index contributed by atoms with van der Waals surface area (Å²) >= 11 is 1.84. The van der Waals surface area contributed by atoms with Crippen molar-refractivity contribution in [1.82, 2.24) is 5.48 Å². The molecule has 0 saturated heterocycles. The fraction of sp³-hybridized carbons (Fsp3) is 0.583. The van der Waals surface area contributed by atoms with E-state index in [1.54, 1.807) is 0 Å². The van der Waals surface area contributed by atoms with Crippen molar-refractivity contribution in [3.8, 4) is 0 Å². The number of hydrogen-bond acceptors (Lipinski definition) is 4. The highest BCUT2D eigenvalue weighted by Gasteiger charge is 2.16. The molecular formula is C12H18N2O2S. The Balaban J connectivity index is 1.92. The molecule has 1 aliphatic carbocycles. The van der Waals surface area contributed by atoms with Crippen LogP contribution in [0.15, 0.2) is 6.07 Å². The Morgan fingerprint density at radius 3 is 3.06 bits per heavy atom. The SMILES string of the molecule is CC(NOCC(N)=O)c1cc2c(s1)CCCC2. The van der Waals surface area contributed by atoms with Gasteiger partial charge in [0.25, 0.3) is 0 Å². The van der Waals surface area contributed by atoms with E-state index in [-0.39, 0.29) is 12.6 Å². The number of thiophene rings is 1. The van der Waals surface area contributed by atoms with Crippen LogP contribution in [0.3, 0.4) is 0 Å². The average Bonchev–Trinajstić information content (AvgIpc) is 2.71. The van der Waals surface area contributed by atoms with Gasteiger partial charge in [0.2, 0.25) is 5.91 Å². The maximum Gasteiger partial charge on any atom is 0.245 e. The van der Waals surface area contributed by atoms with E-state index in [2.05, 4.69) is 11.5 Å². The van der Waals surface area contributed by atoms with Crippen LogP contribution in [0.1, 0.15) is 41.1 Å². The van der Waals surface area contributed by atoms with E-state index in [0.717, 1.165) is 0 Å². The standard InChI is InChI=1S/C12H18N2O2S/c1-8(14-16-7-12(13)15)11-6-9-4-2-3-5-10(9)17-11/h6,8,14H,2-5,7H2,1H3,(H2,13,15). The quantitative estimate of drug-likeness (QED) is 0.786. The number of primary amides is 1. The van der Waals surface area contributed by atoms with Gasteiger partial charge in [0.1, 0.15) is 6.61 Å². The molecule has 0 fully saturated rings. The Hall–Kier alpha value is -0.910. The van der Waals surface area contributed by atoms with Gasteiger partial charge in [-0.3, -0.25) is 9.63 Å². The summed E-state index contributed by atoms with van der Waals surface area (Å²) < 4.78 is 0. The normalized spacial score (nSPS) is 16.5. The topological polar surface area (TPSA) is 64.3 Å². The fourth-order valence-corrected chi connectivity index (χ4v) is 3.27.